The van der Waals surface area contributed by atoms with Crippen LogP contribution >= 0.6 is 0 Å². The van der Waals surface area contributed by atoms with Crippen molar-refractivity contribution in [3.63, 3.8) is 0 Å². The predicted octanol–water partition coefficient (Wildman–Crippen LogP) is 1.14. The number of amides is 1. The third kappa shape index (κ3) is 3.84. The number of methoxy groups -OCH3 is 1. The molecule has 2 N–H and O–H groups in total. The zero-order valence-electron chi connectivity index (χ0n) is 10.5. The maximum absolute atomic E-state index is 11.7. The van der Waals surface area contributed by atoms with Gasteiger partial charge in [-0.2, -0.15) is 0 Å². The van der Waals surface area contributed by atoms with Crippen molar-refractivity contribution in [1.29, 1.82) is 0 Å². The Balaban J connectivity index is 2.76. The smallest absolute Gasteiger partial charge is 0.248 e. The molecule has 1 amide bonds. The van der Waals surface area contributed by atoms with Crippen molar-refractivity contribution in [2.24, 2.45) is 5.73 Å². The van der Waals surface area contributed by atoms with E-state index in [1.807, 2.05) is 31.2 Å². The third-order valence-corrected chi connectivity index (χ3v) is 2.70. The number of nitrogens with zero attached hydrogens (tertiary/aromatic N) is 1. The van der Waals surface area contributed by atoms with Crippen LogP contribution in [0.15, 0.2) is 24.3 Å². The van der Waals surface area contributed by atoms with Gasteiger partial charge in [-0.05, 0) is 18.1 Å². The lowest BCUT2D eigenvalue weighted by atomic mass is 10.1. The van der Waals surface area contributed by atoms with E-state index in [2.05, 4.69) is 0 Å². The quantitative estimate of drug-likeness (QED) is 0.806. The van der Waals surface area contributed by atoms with Gasteiger partial charge in [0.15, 0.2) is 0 Å². The Morgan fingerprint density at radius 3 is 2.53 bits per heavy atom. The van der Waals surface area contributed by atoms with Crippen LogP contribution in [-0.4, -0.2) is 31.1 Å². The maximum atomic E-state index is 11.7. The van der Waals surface area contributed by atoms with Crippen molar-refractivity contribution in [2.45, 2.75) is 20.0 Å². The molecule has 17 heavy (non-hydrogen) atoms. The molecule has 0 saturated carbocycles. The standard InChI is InChI=1S/C13H20N2O2/c1-3-15(13(16)10-17-2)9-12-7-5-4-6-11(12)8-14/h4-7H,3,8-10,14H2,1-2H3. The minimum atomic E-state index is 0.00169. The van der Waals surface area contributed by atoms with Gasteiger partial charge in [-0.1, -0.05) is 24.3 Å². The zero-order chi connectivity index (χ0) is 12.7. The molecular weight excluding hydrogens is 216 g/mol. The molecular formula is C13H20N2O2. The summed E-state index contributed by atoms with van der Waals surface area (Å²) in [5, 5.41) is 0. The summed E-state index contributed by atoms with van der Waals surface area (Å²) in [4.78, 5) is 13.5. The van der Waals surface area contributed by atoms with E-state index in [1.54, 1.807) is 4.90 Å². The molecule has 0 bridgehead atoms. The second kappa shape index (κ2) is 7.04. The fourth-order valence-corrected chi connectivity index (χ4v) is 1.71. The normalized spacial score (nSPS) is 10.3. The molecule has 0 saturated heterocycles. The minimum Gasteiger partial charge on any atom is -0.375 e. The molecule has 0 fully saturated rings. The Morgan fingerprint density at radius 1 is 1.35 bits per heavy atom. The summed E-state index contributed by atoms with van der Waals surface area (Å²) in [6.07, 6.45) is 0. The number of rotatable bonds is 6. The first-order valence-corrected chi connectivity index (χ1v) is 5.76. The molecule has 0 unspecified atom stereocenters. The number of likely N-dealkylation sites (N-methyl/N-ethyl adjacent to an activating group) is 1. The van der Waals surface area contributed by atoms with Crippen LogP contribution in [-0.2, 0) is 22.6 Å². The fourth-order valence-electron chi connectivity index (χ4n) is 1.71. The highest BCUT2D eigenvalue weighted by Gasteiger charge is 2.12. The van der Waals surface area contributed by atoms with Crippen LogP contribution < -0.4 is 5.73 Å². The second-order valence-electron chi connectivity index (χ2n) is 3.81. The number of hydrogen-bond acceptors (Lipinski definition) is 3. The van der Waals surface area contributed by atoms with Crippen LogP contribution in [0.4, 0.5) is 0 Å². The Hall–Kier alpha value is -1.39. The van der Waals surface area contributed by atoms with Crippen molar-refractivity contribution in [1.82, 2.24) is 4.90 Å². The van der Waals surface area contributed by atoms with Crippen LogP contribution in [0.5, 0.6) is 0 Å². The van der Waals surface area contributed by atoms with Gasteiger partial charge in [-0.15, -0.1) is 0 Å². The second-order valence-corrected chi connectivity index (χ2v) is 3.81. The van der Waals surface area contributed by atoms with Crippen molar-refractivity contribution in [2.75, 3.05) is 20.3 Å². The highest BCUT2D eigenvalue weighted by molar-refractivity contribution is 5.77. The molecule has 0 aliphatic heterocycles. The van der Waals surface area contributed by atoms with Crippen LogP contribution in [0.3, 0.4) is 0 Å². The first-order valence-electron chi connectivity index (χ1n) is 5.76. The monoisotopic (exact) mass is 236 g/mol. The molecule has 1 aromatic carbocycles. The Bertz CT molecular complexity index is 366. The largest absolute Gasteiger partial charge is 0.375 e. The molecule has 0 spiro atoms. The molecule has 0 atom stereocenters. The summed E-state index contributed by atoms with van der Waals surface area (Å²) in [6.45, 7) is 3.83. The van der Waals surface area contributed by atoms with E-state index in [0.29, 0.717) is 19.6 Å². The SMILES string of the molecule is CCN(Cc1ccccc1CN)C(=O)COC. The van der Waals surface area contributed by atoms with Crippen LogP contribution in [0, 0.1) is 0 Å². The van der Waals surface area contributed by atoms with E-state index < -0.39 is 0 Å². The Morgan fingerprint density at radius 2 is 2.00 bits per heavy atom. The lowest BCUT2D eigenvalue weighted by Crippen LogP contribution is -2.33. The molecule has 94 valence electrons. The number of benzene rings is 1. The number of carbonyl (C=O) groups excluding carboxylic acids is 1. The molecule has 0 aliphatic carbocycles. The van der Waals surface area contributed by atoms with E-state index in [9.17, 15) is 4.79 Å². The summed E-state index contributed by atoms with van der Waals surface area (Å²) >= 11 is 0. The summed E-state index contributed by atoms with van der Waals surface area (Å²) in [5.74, 6) is 0.00169. The van der Waals surface area contributed by atoms with Crippen molar-refractivity contribution >= 4 is 5.91 Å². The lowest BCUT2D eigenvalue weighted by molar-refractivity contribution is -0.135. The maximum Gasteiger partial charge on any atom is 0.248 e. The number of carbonyl (C=O) groups is 1. The predicted molar refractivity (Wildman–Crippen MR) is 67.3 cm³/mol. The van der Waals surface area contributed by atoms with Gasteiger partial charge >= 0.3 is 0 Å². The summed E-state index contributed by atoms with van der Waals surface area (Å²) < 4.78 is 4.86. The van der Waals surface area contributed by atoms with Crippen molar-refractivity contribution in [3.05, 3.63) is 35.4 Å². The summed E-state index contributed by atoms with van der Waals surface area (Å²) in [6, 6.07) is 7.91. The number of ether oxygens (including phenoxy) is 1. The Kier molecular flexibility index (Phi) is 5.66. The summed E-state index contributed by atoms with van der Waals surface area (Å²) in [7, 11) is 1.53. The molecule has 0 heterocycles. The summed E-state index contributed by atoms with van der Waals surface area (Å²) in [5.41, 5.74) is 7.85. The Labute approximate surface area is 102 Å². The topological polar surface area (TPSA) is 55.6 Å². The van der Waals surface area contributed by atoms with Crippen LogP contribution in [0.1, 0.15) is 18.1 Å². The van der Waals surface area contributed by atoms with Gasteiger partial charge in [0.25, 0.3) is 0 Å². The highest BCUT2D eigenvalue weighted by atomic mass is 16.5. The number of nitrogens with two attached hydrogens (primary N) is 1. The average molecular weight is 236 g/mol. The number of hydrogen-bond donors (Lipinski definition) is 1. The molecule has 0 aromatic heterocycles. The molecule has 1 rings (SSSR count). The van der Waals surface area contributed by atoms with Crippen LogP contribution in [0.2, 0.25) is 0 Å². The van der Waals surface area contributed by atoms with E-state index in [0.717, 1.165) is 11.1 Å². The van der Waals surface area contributed by atoms with E-state index >= 15 is 0 Å². The fraction of sp³-hybridized carbons (Fsp3) is 0.462. The van der Waals surface area contributed by atoms with Gasteiger partial charge in [-0.25, -0.2) is 0 Å². The van der Waals surface area contributed by atoms with Crippen molar-refractivity contribution in [3.8, 4) is 0 Å². The van der Waals surface area contributed by atoms with Gasteiger partial charge in [0.1, 0.15) is 6.61 Å². The first kappa shape index (κ1) is 13.7. The molecule has 1 aromatic rings. The highest BCUT2D eigenvalue weighted by Crippen LogP contribution is 2.11. The first-order chi connectivity index (χ1) is 8.22. The molecule has 0 aliphatic rings. The van der Waals surface area contributed by atoms with Gasteiger partial charge in [0.05, 0.1) is 0 Å². The van der Waals surface area contributed by atoms with E-state index in [4.69, 9.17) is 10.5 Å². The van der Waals surface area contributed by atoms with E-state index in [1.165, 1.54) is 7.11 Å². The lowest BCUT2D eigenvalue weighted by Gasteiger charge is -2.22. The van der Waals surface area contributed by atoms with Gasteiger partial charge < -0.3 is 15.4 Å². The van der Waals surface area contributed by atoms with Crippen LogP contribution in [0.25, 0.3) is 0 Å². The zero-order valence-corrected chi connectivity index (χ0v) is 10.5. The van der Waals surface area contributed by atoms with Gasteiger partial charge in [-0.3, -0.25) is 4.79 Å². The minimum absolute atomic E-state index is 0.00169. The van der Waals surface area contributed by atoms with E-state index in [-0.39, 0.29) is 12.5 Å². The third-order valence-electron chi connectivity index (χ3n) is 2.70. The average Bonchev–Trinajstić information content (AvgIpc) is 2.36. The molecule has 4 nitrogen and oxygen atoms in total. The molecule has 4 heteroatoms. The van der Waals surface area contributed by atoms with Crippen molar-refractivity contribution < 1.29 is 9.53 Å². The molecule has 0 radical (unpaired) electrons. The van der Waals surface area contributed by atoms with Gasteiger partial charge in [0, 0.05) is 26.7 Å². The van der Waals surface area contributed by atoms with Gasteiger partial charge in [0.2, 0.25) is 5.91 Å².